The Morgan fingerprint density at radius 2 is 2.05 bits per heavy atom. The van der Waals surface area contributed by atoms with E-state index >= 15 is 0 Å². The minimum absolute atomic E-state index is 0.0773. The van der Waals surface area contributed by atoms with E-state index in [1.807, 2.05) is 20.8 Å². The van der Waals surface area contributed by atoms with Crippen LogP contribution in [0.15, 0.2) is 11.0 Å². The number of carbonyl (C=O) groups is 1. The Kier molecular flexibility index (Phi) is 6.51. The molecule has 20 heavy (non-hydrogen) atoms. The van der Waals surface area contributed by atoms with Crippen molar-refractivity contribution in [2.45, 2.75) is 33.7 Å². The lowest BCUT2D eigenvalue weighted by Gasteiger charge is -2.18. The van der Waals surface area contributed by atoms with Crippen LogP contribution in [0.3, 0.4) is 0 Å². The second-order valence-corrected chi connectivity index (χ2v) is 4.61. The summed E-state index contributed by atoms with van der Waals surface area (Å²) in [6.45, 7) is 8.00. The molecule has 1 heterocycles. The Hall–Kier alpha value is -1.56. The van der Waals surface area contributed by atoms with E-state index in [0.717, 1.165) is 0 Å². The minimum atomic E-state index is -0.325. The normalized spacial score (nSPS) is 10.4. The minimum Gasteiger partial charge on any atom is -0.382 e. The van der Waals surface area contributed by atoms with E-state index in [1.54, 1.807) is 4.90 Å². The number of rotatable bonds is 7. The van der Waals surface area contributed by atoms with E-state index in [9.17, 15) is 9.59 Å². The molecule has 1 aromatic rings. The lowest BCUT2D eigenvalue weighted by Crippen LogP contribution is -2.31. The van der Waals surface area contributed by atoms with Crippen LogP contribution in [-0.2, 0) is 11.3 Å². The van der Waals surface area contributed by atoms with Crippen molar-refractivity contribution in [1.82, 2.24) is 14.7 Å². The van der Waals surface area contributed by atoms with Gasteiger partial charge in [0, 0.05) is 32.6 Å². The smallest absolute Gasteiger partial charge is 0.287 e. The van der Waals surface area contributed by atoms with Gasteiger partial charge in [-0.2, -0.15) is 5.10 Å². The third-order valence-electron chi connectivity index (χ3n) is 3.05. The summed E-state index contributed by atoms with van der Waals surface area (Å²) in [5.41, 5.74) is 0.142. The van der Waals surface area contributed by atoms with E-state index in [2.05, 4.69) is 10.4 Å². The number of carbonyl (C=O) groups excluding carboxylic acids is 1. The second-order valence-electron chi connectivity index (χ2n) is 4.24. The van der Waals surface area contributed by atoms with Crippen LogP contribution in [0, 0.1) is 0 Å². The van der Waals surface area contributed by atoms with Gasteiger partial charge in [-0.25, -0.2) is 4.68 Å². The molecule has 0 bridgehead atoms. The molecule has 0 unspecified atom stereocenters. The molecule has 0 spiro atoms. The Morgan fingerprint density at radius 1 is 1.40 bits per heavy atom. The summed E-state index contributed by atoms with van der Waals surface area (Å²) in [4.78, 5) is 25.4. The van der Waals surface area contributed by atoms with Crippen LogP contribution in [0.1, 0.15) is 27.2 Å². The van der Waals surface area contributed by atoms with Crippen molar-refractivity contribution >= 4 is 23.2 Å². The van der Waals surface area contributed by atoms with Gasteiger partial charge in [0.15, 0.2) is 0 Å². The number of aromatic nitrogens is 2. The fourth-order valence-corrected chi connectivity index (χ4v) is 2.07. The molecule has 0 radical (unpaired) electrons. The molecule has 112 valence electrons. The molecular formula is C13H21ClN4O2. The van der Waals surface area contributed by atoms with Crippen molar-refractivity contribution in [3.8, 4) is 0 Å². The van der Waals surface area contributed by atoms with Gasteiger partial charge in [-0.05, 0) is 20.8 Å². The fraction of sp³-hybridized carbons (Fsp3) is 0.615. The van der Waals surface area contributed by atoms with Gasteiger partial charge in [-0.15, -0.1) is 0 Å². The average molecular weight is 301 g/mol. The highest BCUT2D eigenvalue weighted by Gasteiger charge is 2.11. The predicted octanol–water partition coefficient (Wildman–Crippen LogP) is 1.59. The molecule has 0 saturated heterocycles. The topological polar surface area (TPSA) is 67.2 Å². The third-order valence-corrected chi connectivity index (χ3v) is 3.42. The van der Waals surface area contributed by atoms with Crippen LogP contribution in [0.5, 0.6) is 0 Å². The van der Waals surface area contributed by atoms with Gasteiger partial charge < -0.3 is 10.2 Å². The van der Waals surface area contributed by atoms with E-state index in [-0.39, 0.29) is 16.5 Å². The zero-order valence-electron chi connectivity index (χ0n) is 12.1. The molecule has 0 fully saturated rings. The van der Waals surface area contributed by atoms with Gasteiger partial charge >= 0.3 is 0 Å². The van der Waals surface area contributed by atoms with Crippen molar-refractivity contribution in [1.29, 1.82) is 0 Å². The molecule has 0 aliphatic carbocycles. The first-order chi connectivity index (χ1) is 9.54. The van der Waals surface area contributed by atoms with E-state index in [1.165, 1.54) is 10.9 Å². The average Bonchev–Trinajstić information content (AvgIpc) is 2.45. The number of nitrogens with one attached hydrogen (secondary N) is 1. The summed E-state index contributed by atoms with van der Waals surface area (Å²) < 4.78 is 1.29. The molecule has 6 nitrogen and oxygen atoms in total. The third kappa shape index (κ3) is 3.96. The van der Waals surface area contributed by atoms with Crippen LogP contribution in [0.2, 0.25) is 5.02 Å². The number of anilines is 1. The van der Waals surface area contributed by atoms with Crippen molar-refractivity contribution in [2.75, 3.05) is 25.0 Å². The predicted molar refractivity (Wildman–Crippen MR) is 80.2 cm³/mol. The first kappa shape index (κ1) is 16.5. The van der Waals surface area contributed by atoms with Crippen molar-refractivity contribution in [2.24, 2.45) is 0 Å². The monoisotopic (exact) mass is 300 g/mol. The SMILES string of the molecule is CCN(CC)C(=O)CCNc1cnn(CC)c(=O)c1Cl. The zero-order valence-corrected chi connectivity index (χ0v) is 12.9. The fourth-order valence-electron chi connectivity index (χ4n) is 1.85. The van der Waals surface area contributed by atoms with E-state index in [4.69, 9.17) is 11.6 Å². The first-order valence-electron chi connectivity index (χ1n) is 6.82. The lowest BCUT2D eigenvalue weighted by molar-refractivity contribution is -0.130. The van der Waals surface area contributed by atoms with Crippen LogP contribution in [0.25, 0.3) is 0 Å². The highest BCUT2D eigenvalue weighted by molar-refractivity contribution is 6.32. The van der Waals surface area contributed by atoms with Gasteiger partial charge in [0.1, 0.15) is 5.02 Å². The molecule has 1 amide bonds. The van der Waals surface area contributed by atoms with E-state index in [0.29, 0.717) is 38.3 Å². The molecule has 0 aliphatic rings. The molecule has 0 aromatic carbocycles. The van der Waals surface area contributed by atoms with Gasteiger partial charge in [-0.3, -0.25) is 9.59 Å². The number of hydrogen-bond acceptors (Lipinski definition) is 4. The molecular weight excluding hydrogens is 280 g/mol. The standard InChI is InChI=1S/C13H21ClN4O2/c1-4-17(5-2)11(19)7-8-15-10-9-16-18(6-3)13(20)12(10)14/h9,15H,4-8H2,1-3H3. The van der Waals surface area contributed by atoms with Gasteiger partial charge in [0.2, 0.25) is 5.91 Å². The Balaban J connectivity index is 2.61. The number of nitrogens with zero attached hydrogens (tertiary/aromatic N) is 3. The quantitative estimate of drug-likeness (QED) is 0.830. The Morgan fingerprint density at radius 3 is 2.60 bits per heavy atom. The molecule has 1 rings (SSSR count). The maximum absolute atomic E-state index is 11.8. The summed E-state index contributed by atoms with van der Waals surface area (Å²) in [7, 11) is 0. The molecule has 0 atom stereocenters. The van der Waals surface area contributed by atoms with Gasteiger partial charge in [-0.1, -0.05) is 11.6 Å². The number of halogens is 1. The van der Waals surface area contributed by atoms with Crippen LogP contribution in [-0.4, -0.2) is 40.2 Å². The van der Waals surface area contributed by atoms with Crippen LogP contribution < -0.4 is 10.9 Å². The summed E-state index contributed by atoms with van der Waals surface area (Å²) in [5, 5.41) is 7.08. The van der Waals surface area contributed by atoms with Gasteiger partial charge in [0.25, 0.3) is 5.56 Å². The second kappa shape index (κ2) is 7.89. The Labute approximate surface area is 123 Å². The maximum Gasteiger partial charge on any atom is 0.287 e. The van der Waals surface area contributed by atoms with Crippen LogP contribution >= 0.6 is 11.6 Å². The molecule has 7 heteroatoms. The highest BCUT2D eigenvalue weighted by atomic mass is 35.5. The molecule has 1 N–H and O–H groups in total. The summed E-state index contributed by atoms with van der Waals surface area (Å²) in [6.07, 6.45) is 1.87. The molecule has 0 aliphatic heterocycles. The van der Waals surface area contributed by atoms with Gasteiger partial charge in [0.05, 0.1) is 11.9 Å². The zero-order chi connectivity index (χ0) is 15.1. The summed E-state index contributed by atoms with van der Waals surface area (Å²) >= 11 is 5.98. The highest BCUT2D eigenvalue weighted by Crippen LogP contribution is 2.15. The maximum atomic E-state index is 11.8. The summed E-state index contributed by atoms with van der Waals surface area (Å²) in [5.74, 6) is 0.0773. The van der Waals surface area contributed by atoms with Crippen molar-refractivity contribution in [3.05, 3.63) is 21.6 Å². The van der Waals surface area contributed by atoms with Crippen molar-refractivity contribution < 1.29 is 4.79 Å². The van der Waals surface area contributed by atoms with Crippen molar-refractivity contribution in [3.63, 3.8) is 0 Å². The summed E-state index contributed by atoms with van der Waals surface area (Å²) in [6, 6.07) is 0. The number of hydrogen-bond donors (Lipinski definition) is 1. The van der Waals surface area contributed by atoms with Crippen LogP contribution in [0.4, 0.5) is 5.69 Å². The molecule has 0 saturated carbocycles. The first-order valence-corrected chi connectivity index (χ1v) is 7.20. The largest absolute Gasteiger partial charge is 0.382 e. The number of aryl methyl sites for hydroxylation is 1. The lowest BCUT2D eigenvalue weighted by atomic mass is 10.3. The Bertz CT molecular complexity index is 512. The number of amides is 1. The van der Waals surface area contributed by atoms with E-state index < -0.39 is 0 Å². The molecule has 1 aromatic heterocycles.